The van der Waals surface area contributed by atoms with Gasteiger partial charge < -0.3 is 4.52 Å². The third kappa shape index (κ3) is 2.50. The zero-order valence-electron chi connectivity index (χ0n) is 11.9. The molecule has 2 aliphatic carbocycles. The molecule has 1 heterocycles. The van der Waals surface area contributed by atoms with E-state index in [-0.39, 0.29) is 17.6 Å². The van der Waals surface area contributed by atoms with Crippen molar-refractivity contribution in [3.8, 4) is 0 Å². The Kier molecular flexibility index (Phi) is 3.09. The summed E-state index contributed by atoms with van der Waals surface area (Å²) >= 11 is 0. The summed E-state index contributed by atoms with van der Waals surface area (Å²) in [5, 5.41) is 4.13. The van der Waals surface area contributed by atoms with Crippen molar-refractivity contribution in [3.63, 3.8) is 0 Å². The number of fused-ring (bicyclic) bond motifs is 1. The van der Waals surface area contributed by atoms with Gasteiger partial charge in [0.15, 0.2) is 5.82 Å². The number of carbonyl (C=O) groups is 1. The Hall–Kier alpha value is -1.97. The number of hydrogen-bond acceptors (Lipinski definition) is 4. The minimum absolute atomic E-state index is 0.212. The standard InChI is InChI=1S/C17H18N2O2/c20-15(12-8-9-12)10-16-18-17(19-21-16)14-7-3-5-11-4-1-2-6-13(11)14/h1-2,4,6,12,14H,3,5,7-10H2. The lowest BCUT2D eigenvalue weighted by molar-refractivity contribution is -0.119. The lowest BCUT2D eigenvalue weighted by atomic mass is 9.82. The highest BCUT2D eigenvalue weighted by molar-refractivity contribution is 5.84. The maximum absolute atomic E-state index is 11.8. The zero-order chi connectivity index (χ0) is 14.2. The van der Waals surface area contributed by atoms with Crippen LogP contribution in [0, 0.1) is 5.92 Å². The summed E-state index contributed by atoms with van der Waals surface area (Å²) < 4.78 is 5.30. The second-order valence-corrected chi connectivity index (χ2v) is 6.11. The molecule has 0 aliphatic heterocycles. The Labute approximate surface area is 123 Å². The van der Waals surface area contributed by atoms with Crippen LogP contribution in [0.4, 0.5) is 0 Å². The van der Waals surface area contributed by atoms with Crippen LogP contribution in [-0.4, -0.2) is 15.9 Å². The lowest BCUT2D eigenvalue weighted by Gasteiger charge is -2.22. The van der Waals surface area contributed by atoms with Gasteiger partial charge in [-0.15, -0.1) is 0 Å². The first-order chi connectivity index (χ1) is 10.3. The Balaban J connectivity index is 1.57. The highest BCUT2D eigenvalue weighted by Crippen LogP contribution is 2.35. The number of rotatable bonds is 4. The highest BCUT2D eigenvalue weighted by atomic mass is 16.5. The smallest absolute Gasteiger partial charge is 0.234 e. The maximum Gasteiger partial charge on any atom is 0.234 e. The van der Waals surface area contributed by atoms with Crippen molar-refractivity contribution in [3.05, 3.63) is 47.1 Å². The monoisotopic (exact) mass is 282 g/mol. The van der Waals surface area contributed by atoms with Gasteiger partial charge in [-0.1, -0.05) is 29.4 Å². The van der Waals surface area contributed by atoms with Gasteiger partial charge in [-0.3, -0.25) is 4.79 Å². The van der Waals surface area contributed by atoms with Gasteiger partial charge in [0.25, 0.3) is 0 Å². The molecule has 1 aromatic carbocycles. The van der Waals surface area contributed by atoms with Crippen LogP contribution in [-0.2, 0) is 17.6 Å². The van der Waals surface area contributed by atoms with Gasteiger partial charge in [-0.25, -0.2) is 0 Å². The molecule has 108 valence electrons. The van der Waals surface area contributed by atoms with Crippen LogP contribution in [0.25, 0.3) is 0 Å². The topological polar surface area (TPSA) is 56.0 Å². The van der Waals surface area contributed by atoms with Gasteiger partial charge in [0.1, 0.15) is 5.78 Å². The van der Waals surface area contributed by atoms with E-state index in [1.807, 2.05) is 0 Å². The molecule has 4 nitrogen and oxygen atoms in total. The molecule has 1 fully saturated rings. The molecule has 0 spiro atoms. The summed E-state index contributed by atoms with van der Waals surface area (Å²) in [5.74, 6) is 1.92. The van der Waals surface area contributed by atoms with Crippen LogP contribution in [0.15, 0.2) is 28.8 Å². The Morgan fingerprint density at radius 3 is 2.95 bits per heavy atom. The Morgan fingerprint density at radius 1 is 1.24 bits per heavy atom. The fourth-order valence-corrected chi connectivity index (χ4v) is 3.20. The van der Waals surface area contributed by atoms with Gasteiger partial charge >= 0.3 is 0 Å². The number of carbonyl (C=O) groups excluding carboxylic acids is 1. The quantitative estimate of drug-likeness (QED) is 0.864. The van der Waals surface area contributed by atoms with Crippen molar-refractivity contribution >= 4 is 5.78 Å². The minimum atomic E-state index is 0.212. The first-order valence-corrected chi connectivity index (χ1v) is 7.74. The molecule has 0 saturated heterocycles. The van der Waals surface area contributed by atoms with Crippen LogP contribution in [0.3, 0.4) is 0 Å². The van der Waals surface area contributed by atoms with E-state index in [9.17, 15) is 4.79 Å². The molecule has 2 aromatic rings. The predicted molar refractivity (Wildman–Crippen MR) is 77.0 cm³/mol. The zero-order valence-corrected chi connectivity index (χ0v) is 11.9. The summed E-state index contributed by atoms with van der Waals surface area (Å²) in [4.78, 5) is 16.3. The van der Waals surface area contributed by atoms with Crippen molar-refractivity contribution in [2.75, 3.05) is 0 Å². The van der Waals surface area contributed by atoms with Crippen LogP contribution in [0.2, 0.25) is 0 Å². The van der Waals surface area contributed by atoms with Gasteiger partial charge in [0.05, 0.1) is 6.42 Å². The molecule has 1 unspecified atom stereocenters. The average molecular weight is 282 g/mol. The summed E-state index contributed by atoms with van der Waals surface area (Å²) in [6.45, 7) is 0. The van der Waals surface area contributed by atoms with E-state index >= 15 is 0 Å². The molecule has 4 rings (SSSR count). The van der Waals surface area contributed by atoms with Crippen molar-refractivity contribution in [1.82, 2.24) is 10.1 Å². The SMILES string of the molecule is O=C(Cc1nc(C2CCCc3ccccc32)no1)C1CC1. The van der Waals surface area contributed by atoms with Crippen LogP contribution in [0.1, 0.15) is 54.4 Å². The molecule has 1 aromatic heterocycles. The van der Waals surface area contributed by atoms with Crippen molar-refractivity contribution < 1.29 is 9.32 Å². The summed E-state index contributed by atoms with van der Waals surface area (Å²) in [6.07, 6.45) is 5.66. The fourth-order valence-electron chi connectivity index (χ4n) is 3.20. The van der Waals surface area contributed by atoms with Crippen LogP contribution >= 0.6 is 0 Å². The number of Topliss-reactive ketones (excluding diaryl/α,β-unsaturated/α-hetero) is 1. The molecule has 0 radical (unpaired) electrons. The minimum Gasteiger partial charge on any atom is -0.339 e. The van der Waals surface area contributed by atoms with E-state index in [0.717, 1.165) is 37.9 Å². The number of nitrogens with zero attached hydrogens (tertiary/aromatic N) is 2. The van der Waals surface area contributed by atoms with E-state index in [1.165, 1.54) is 11.1 Å². The predicted octanol–water partition coefficient (Wildman–Crippen LogP) is 3.06. The number of aryl methyl sites for hydroxylation is 1. The van der Waals surface area contributed by atoms with Gasteiger partial charge in [0.2, 0.25) is 5.89 Å². The molecule has 0 bridgehead atoms. The molecule has 0 amide bonds. The third-order valence-electron chi connectivity index (χ3n) is 4.52. The molecule has 2 aliphatic rings. The Bertz CT molecular complexity index is 673. The molecule has 4 heteroatoms. The second kappa shape index (κ2) is 5.10. The fraction of sp³-hybridized carbons (Fsp3) is 0.471. The number of hydrogen-bond donors (Lipinski definition) is 0. The lowest BCUT2D eigenvalue weighted by Crippen LogP contribution is -2.12. The first-order valence-electron chi connectivity index (χ1n) is 7.74. The largest absolute Gasteiger partial charge is 0.339 e. The second-order valence-electron chi connectivity index (χ2n) is 6.11. The van der Waals surface area contributed by atoms with E-state index in [0.29, 0.717) is 12.3 Å². The molecule has 1 saturated carbocycles. The van der Waals surface area contributed by atoms with Gasteiger partial charge in [-0.05, 0) is 43.2 Å². The van der Waals surface area contributed by atoms with Crippen LogP contribution < -0.4 is 0 Å². The van der Waals surface area contributed by atoms with E-state index in [2.05, 4.69) is 34.4 Å². The van der Waals surface area contributed by atoms with Gasteiger partial charge in [0, 0.05) is 11.8 Å². The van der Waals surface area contributed by atoms with Crippen LogP contribution in [0.5, 0.6) is 0 Å². The van der Waals surface area contributed by atoms with Crippen molar-refractivity contribution in [2.24, 2.45) is 5.92 Å². The third-order valence-corrected chi connectivity index (χ3v) is 4.52. The molecular weight excluding hydrogens is 264 g/mol. The number of ketones is 1. The average Bonchev–Trinajstić information content (AvgIpc) is 3.27. The first kappa shape index (κ1) is 12.7. The van der Waals surface area contributed by atoms with Crippen molar-refractivity contribution in [1.29, 1.82) is 0 Å². The highest BCUT2D eigenvalue weighted by Gasteiger charge is 2.31. The van der Waals surface area contributed by atoms with E-state index in [1.54, 1.807) is 0 Å². The molecule has 0 N–H and O–H groups in total. The van der Waals surface area contributed by atoms with E-state index < -0.39 is 0 Å². The molecule has 21 heavy (non-hydrogen) atoms. The normalized spacial score (nSPS) is 21.0. The Morgan fingerprint density at radius 2 is 2.10 bits per heavy atom. The molecular formula is C17H18N2O2. The maximum atomic E-state index is 11.8. The summed E-state index contributed by atoms with van der Waals surface area (Å²) in [7, 11) is 0. The number of benzene rings is 1. The summed E-state index contributed by atoms with van der Waals surface area (Å²) in [6, 6.07) is 8.48. The molecule has 1 atom stereocenters. The van der Waals surface area contributed by atoms with Crippen molar-refractivity contribution in [2.45, 2.75) is 44.4 Å². The van der Waals surface area contributed by atoms with E-state index in [4.69, 9.17) is 4.52 Å². The number of aromatic nitrogens is 2. The van der Waals surface area contributed by atoms with Gasteiger partial charge in [-0.2, -0.15) is 4.98 Å². The summed E-state index contributed by atoms with van der Waals surface area (Å²) in [5.41, 5.74) is 2.69.